The van der Waals surface area contributed by atoms with E-state index in [1.165, 1.54) is 13.2 Å². The number of nitrogens with one attached hydrogen (secondary N) is 1. The number of carbonyl (C=O) groups excluding carboxylic acids is 3. The lowest BCUT2D eigenvalue weighted by atomic mass is 10.1. The van der Waals surface area contributed by atoms with Crippen molar-refractivity contribution in [3.05, 3.63) is 101 Å². The topological polar surface area (TPSA) is 79.0 Å². The third-order valence-electron chi connectivity index (χ3n) is 5.90. The third kappa shape index (κ3) is 6.12. The molecule has 4 rings (SSSR count). The Labute approximate surface area is 214 Å². The maximum absolute atomic E-state index is 12.8. The van der Waals surface area contributed by atoms with Crippen LogP contribution >= 0.6 is 11.6 Å². The van der Waals surface area contributed by atoms with E-state index in [1.54, 1.807) is 36.4 Å². The summed E-state index contributed by atoms with van der Waals surface area (Å²) in [6.45, 7) is 2.24. The normalized spacial score (nSPS) is 13.5. The van der Waals surface area contributed by atoms with Crippen LogP contribution in [0.2, 0.25) is 5.02 Å². The van der Waals surface area contributed by atoms with Crippen molar-refractivity contribution in [2.45, 2.75) is 0 Å². The molecule has 1 heterocycles. The molecule has 0 bridgehead atoms. The minimum absolute atomic E-state index is 0.00264. The highest BCUT2D eigenvalue weighted by molar-refractivity contribution is 6.30. The minimum atomic E-state index is -0.493. The summed E-state index contributed by atoms with van der Waals surface area (Å²) in [5.74, 6) is -0.838. The van der Waals surface area contributed by atoms with Gasteiger partial charge in [-0.15, -0.1) is 0 Å². The molecule has 1 saturated heterocycles. The quantitative estimate of drug-likeness (QED) is 0.388. The van der Waals surface area contributed by atoms with E-state index in [2.05, 4.69) is 10.2 Å². The van der Waals surface area contributed by atoms with Crippen LogP contribution in [0.15, 0.2) is 78.9 Å². The number of rotatable bonds is 6. The number of methoxy groups -OCH3 is 1. The molecular formula is C28H26ClN3O4. The second kappa shape index (κ2) is 11.6. The SMILES string of the molecule is COC(=O)c1ccc(N2CCN(C(=O)c3ccccc3)CC2)c(NC(=O)/C=C/c2ccc(Cl)cc2)c1. The Bertz CT molecular complexity index is 1270. The van der Waals surface area contributed by atoms with Gasteiger partial charge in [0.25, 0.3) is 5.91 Å². The van der Waals surface area contributed by atoms with Crippen molar-refractivity contribution in [3.8, 4) is 0 Å². The molecule has 0 radical (unpaired) electrons. The molecule has 0 spiro atoms. The van der Waals surface area contributed by atoms with Crippen LogP contribution in [0.4, 0.5) is 11.4 Å². The second-order valence-electron chi connectivity index (χ2n) is 8.24. The fourth-order valence-corrected chi connectivity index (χ4v) is 4.12. The molecule has 2 amide bonds. The number of carbonyl (C=O) groups is 3. The van der Waals surface area contributed by atoms with Crippen molar-refractivity contribution in [2.24, 2.45) is 0 Å². The summed E-state index contributed by atoms with van der Waals surface area (Å²) in [5.41, 5.74) is 3.08. The van der Waals surface area contributed by atoms with Crippen LogP contribution < -0.4 is 10.2 Å². The summed E-state index contributed by atoms with van der Waals surface area (Å²) < 4.78 is 4.84. The lowest BCUT2D eigenvalue weighted by Gasteiger charge is -2.37. The Morgan fingerprint density at radius 1 is 0.889 bits per heavy atom. The van der Waals surface area contributed by atoms with Crippen LogP contribution in [-0.4, -0.2) is 56.0 Å². The number of hydrogen-bond donors (Lipinski definition) is 1. The first kappa shape index (κ1) is 25.0. The van der Waals surface area contributed by atoms with Gasteiger partial charge in [0, 0.05) is 42.8 Å². The molecular weight excluding hydrogens is 478 g/mol. The molecule has 0 saturated carbocycles. The number of piperazine rings is 1. The van der Waals surface area contributed by atoms with Gasteiger partial charge in [-0.2, -0.15) is 0 Å². The van der Waals surface area contributed by atoms with Gasteiger partial charge in [0.2, 0.25) is 5.91 Å². The minimum Gasteiger partial charge on any atom is -0.465 e. The van der Waals surface area contributed by atoms with E-state index in [9.17, 15) is 14.4 Å². The first-order chi connectivity index (χ1) is 17.4. The van der Waals surface area contributed by atoms with Crippen molar-refractivity contribution < 1.29 is 19.1 Å². The molecule has 3 aromatic carbocycles. The predicted octanol–water partition coefficient (Wildman–Crippen LogP) is 4.74. The molecule has 184 valence electrons. The number of amides is 2. The summed E-state index contributed by atoms with van der Waals surface area (Å²) in [4.78, 5) is 41.5. The van der Waals surface area contributed by atoms with E-state index < -0.39 is 5.97 Å². The molecule has 7 nitrogen and oxygen atoms in total. The summed E-state index contributed by atoms with van der Waals surface area (Å²) >= 11 is 5.92. The first-order valence-electron chi connectivity index (χ1n) is 11.5. The van der Waals surface area contributed by atoms with Crippen LogP contribution in [-0.2, 0) is 9.53 Å². The van der Waals surface area contributed by atoms with E-state index in [4.69, 9.17) is 16.3 Å². The van der Waals surface area contributed by atoms with Crippen LogP contribution in [0.25, 0.3) is 6.08 Å². The molecule has 0 unspecified atom stereocenters. The summed E-state index contributed by atoms with van der Waals surface area (Å²) in [6, 6.07) is 21.4. The van der Waals surface area contributed by atoms with Gasteiger partial charge in [-0.1, -0.05) is 41.9 Å². The number of esters is 1. The van der Waals surface area contributed by atoms with Gasteiger partial charge in [0.05, 0.1) is 24.0 Å². The maximum Gasteiger partial charge on any atom is 0.337 e. The molecule has 0 aliphatic carbocycles. The first-order valence-corrected chi connectivity index (χ1v) is 11.9. The van der Waals surface area contributed by atoms with Gasteiger partial charge < -0.3 is 19.9 Å². The molecule has 0 atom stereocenters. The van der Waals surface area contributed by atoms with Gasteiger partial charge in [-0.3, -0.25) is 9.59 Å². The largest absolute Gasteiger partial charge is 0.465 e. The highest BCUT2D eigenvalue weighted by atomic mass is 35.5. The summed E-state index contributed by atoms with van der Waals surface area (Å²) in [5, 5.41) is 3.50. The zero-order valence-corrected chi connectivity index (χ0v) is 20.6. The number of halogens is 1. The van der Waals surface area contributed by atoms with Gasteiger partial charge in [-0.25, -0.2) is 4.79 Å². The number of benzene rings is 3. The Hall–Kier alpha value is -4.10. The van der Waals surface area contributed by atoms with Crippen molar-refractivity contribution in [2.75, 3.05) is 43.5 Å². The van der Waals surface area contributed by atoms with E-state index in [-0.39, 0.29) is 11.8 Å². The maximum atomic E-state index is 12.8. The third-order valence-corrected chi connectivity index (χ3v) is 6.15. The van der Waals surface area contributed by atoms with Gasteiger partial charge in [0.15, 0.2) is 0 Å². The Morgan fingerprint density at radius 3 is 2.25 bits per heavy atom. The Kier molecular flexibility index (Phi) is 8.02. The molecule has 1 N–H and O–H groups in total. The second-order valence-corrected chi connectivity index (χ2v) is 8.68. The number of nitrogens with zero attached hydrogens (tertiary/aromatic N) is 2. The van der Waals surface area contributed by atoms with Crippen molar-refractivity contribution >= 4 is 46.8 Å². The smallest absolute Gasteiger partial charge is 0.337 e. The summed E-state index contributed by atoms with van der Waals surface area (Å²) in [7, 11) is 1.31. The average molecular weight is 504 g/mol. The molecule has 3 aromatic rings. The van der Waals surface area contributed by atoms with Gasteiger partial charge >= 0.3 is 5.97 Å². The van der Waals surface area contributed by atoms with E-state index in [1.807, 2.05) is 47.4 Å². The molecule has 1 aliphatic rings. The summed E-state index contributed by atoms with van der Waals surface area (Å²) in [6.07, 6.45) is 3.11. The van der Waals surface area contributed by atoms with Crippen LogP contribution in [0.1, 0.15) is 26.3 Å². The fraction of sp³-hybridized carbons (Fsp3) is 0.179. The molecule has 8 heteroatoms. The number of anilines is 2. The highest BCUT2D eigenvalue weighted by Crippen LogP contribution is 2.29. The van der Waals surface area contributed by atoms with Crippen molar-refractivity contribution in [3.63, 3.8) is 0 Å². The monoisotopic (exact) mass is 503 g/mol. The van der Waals surface area contributed by atoms with Crippen LogP contribution in [0.5, 0.6) is 0 Å². The van der Waals surface area contributed by atoms with E-state index in [0.717, 1.165) is 11.3 Å². The molecule has 0 aromatic heterocycles. The molecule has 36 heavy (non-hydrogen) atoms. The molecule has 1 fully saturated rings. The van der Waals surface area contributed by atoms with E-state index in [0.29, 0.717) is 48.0 Å². The predicted molar refractivity (Wildman–Crippen MR) is 141 cm³/mol. The zero-order valence-electron chi connectivity index (χ0n) is 19.8. The Balaban J connectivity index is 1.49. The lowest BCUT2D eigenvalue weighted by Crippen LogP contribution is -2.49. The zero-order chi connectivity index (χ0) is 25.5. The molecule has 1 aliphatic heterocycles. The average Bonchev–Trinajstić information content (AvgIpc) is 2.92. The fourth-order valence-electron chi connectivity index (χ4n) is 3.99. The van der Waals surface area contributed by atoms with Gasteiger partial charge in [0.1, 0.15) is 0 Å². The number of hydrogen-bond acceptors (Lipinski definition) is 5. The lowest BCUT2D eigenvalue weighted by molar-refractivity contribution is -0.111. The highest BCUT2D eigenvalue weighted by Gasteiger charge is 2.24. The van der Waals surface area contributed by atoms with Crippen molar-refractivity contribution in [1.82, 2.24) is 4.90 Å². The van der Waals surface area contributed by atoms with Crippen molar-refractivity contribution in [1.29, 1.82) is 0 Å². The Morgan fingerprint density at radius 2 is 1.58 bits per heavy atom. The van der Waals surface area contributed by atoms with Crippen LogP contribution in [0, 0.1) is 0 Å². The standard InChI is InChI=1S/C28H26ClN3O4/c1-36-28(35)22-10-13-25(24(19-22)30-26(33)14-9-20-7-11-23(29)12-8-20)31-15-17-32(18-16-31)27(34)21-5-3-2-4-6-21/h2-14,19H,15-18H2,1H3,(H,30,33)/b14-9+. The van der Waals surface area contributed by atoms with Crippen LogP contribution in [0.3, 0.4) is 0 Å². The van der Waals surface area contributed by atoms with E-state index >= 15 is 0 Å². The van der Waals surface area contributed by atoms with Gasteiger partial charge in [-0.05, 0) is 54.1 Å². The number of ether oxygens (including phenoxy) is 1.